The van der Waals surface area contributed by atoms with Crippen molar-refractivity contribution in [3.8, 4) is 5.75 Å². The van der Waals surface area contributed by atoms with Crippen molar-refractivity contribution in [2.24, 2.45) is 11.8 Å². The third kappa shape index (κ3) is 6.50. The van der Waals surface area contributed by atoms with Crippen LogP contribution in [0.4, 0.5) is 0 Å². The SMILES string of the molecule is CC(C)CCNC(=O)C(C)(C)Oc1cccc(CC(C)C)c1. The molecule has 0 heterocycles. The van der Waals surface area contributed by atoms with Crippen LogP contribution in [-0.2, 0) is 11.2 Å². The van der Waals surface area contributed by atoms with Crippen LogP contribution >= 0.6 is 0 Å². The molecule has 0 fully saturated rings. The maximum absolute atomic E-state index is 12.3. The number of ether oxygens (including phenoxy) is 1. The highest BCUT2D eigenvalue weighted by Crippen LogP contribution is 2.21. The van der Waals surface area contributed by atoms with Gasteiger partial charge in [0.1, 0.15) is 5.75 Å². The number of carbonyl (C=O) groups is 1. The van der Waals surface area contributed by atoms with Crippen molar-refractivity contribution >= 4 is 5.91 Å². The van der Waals surface area contributed by atoms with E-state index in [1.165, 1.54) is 5.56 Å². The summed E-state index contributed by atoms with van der Waals surface area (Å²) in [6, 6.07) is 8.03. The summed E-state index contributed by atoms with van der Waals surface area (Å²) in [5.74, 6) is 1.87. The number of benzene rings is 1. The van der Waals surface area contributed by atoms with Crippen LogP contribution in [-0.4, -0.2) is 18.1 Å². The van der Waals surface area contributed by atoms with E-state index in [0.717, 1.165) is 18.6 Å². The van der Waals surface area contributed by atoms with Crippen molar-refractivity contribution in [2.75, 3.05) is 6.54 Å². The molecule has 0 saturated heterocycles. The van der Waals surface area contributed by atoms with Gasteiger partial charge in [0.05, 0.1) is 0 Å². The monoisotopic (exact) mass is 305 g/mol. The highest BCUT2D eigenvalue weighted by atomic mass is 16.5. The molecule has 1 rings (SSSR count). The summed E-state index contributed by atoms with van der Waals surface area (Å²) < 4.78 is 5.93. The van der Waals surface area contributed by atoms with Gasteiger partial charge in [-0.1, -0.05) is 39.8 Å². The Hall–Kier alpha value is -1.51. The van der Waals surface area contributed by atoms with Crippen LogP contribution in [0.2, 0.25) is 0 Å². The van der Waals surface area contributed by atoms with E-state index in [2.05, 4.69) is 39.1 Å². The fraction of sp³-hybridized carbons (Fsp3) is 0.632. The lowest BCUT2D eigenvalue weighted by Crippen LogP contribution is -2.47. The average molecular weight is 305 g/mol. The molecule has 0 radical (unpaired) electrons. The average Bonchev–Trinajstić information content (AvgIpc) is 2.37. The minimum absolute atomic E-state index is 0.0672. The summed E-state index contributed by atoms with van der Waals surface area (Å²) in [7, 11) is 0. The van der Waals surface area contributed by atoms with Gasteiger partial charge < -0.3 is 10.1 Å². The van der Waals surface area contributed by atoms with Crippen LogP contribution in [0.3, 0.4) is 0 Å². The number of nitrogens with one attached hydrogen (secondary N) is 1. The fourth-order valence-electron chi connectivity index (χ4n) is 2.24. The van der Waals surface area contributed by atoms with Gasteiger partial charge in [-0.15, -0.1) is 0 Å². The number of hydrogen-bond acceptors (Lipinski definition) is 2. The zero-order valence-corrected chi connectivity index (χ0v) is 14.9. The normalized spacial score (nSPS) is 11.8. The van der Waals surface area contributed by atoms with Crippen LogP contribution in [0, 0.1) is 11.8 Å². The second-order valence-corrected chi connectivity index (χ2v) is 7.30. The largest absolute Gasteiger partial charge is 0.478 e. The van der Waals surface area contributed by atoms with E-state index in [1.807, 2.05) is 32.0 Å². The first-order valence-corrected chi connectivity index (χ1v) is 8.27. The molecule has 22 heavy (non-hydrogen) atoms. The molecule has 1 aromatic rings. The molecule has 1 N–H and O–H groups in total. The standard InChI is InChI=1S/C19H31NO2/c1-14(2)10-11-20-18(21)19(5,6)22-17-9-7-8-16(13-17)12-15(3)4/h7-9,13-15H,10-12H2,1-6H3,(H,20,21). The minimum Gasteiger partial charge on any atom is -0.478 e. The zero-order chi connectivity index (χ0) is 16.8. The fourth-order valence-corrected chi connectivity index (χ4v) is 2.24. The quantitative estimate of drug-likeness (QED) is 0.781. The van der Waals surface area contributed by atoms with E-state index in [4.69, 9.17) is 4.74 Å². The molecule has 1 amide bonds. The first-order valence-electron chi connectivity index (χ1n) is 8.27. The van der Waals surface area contributed by atoms with E-state index >= 15 is 0 Å². The lowest BCUT2D eigenvalue weighted by Gasteiger charge is -2.26. The van der Waals surface area contributed by atoms with E-state index in [-0.39, 0.29) is 5.91 Å². The summed E-state index contributed by atoms with van der Waals surface area (Å²) in [6.07, 6.45) is 1.99. The Bertz CT molecular complexity index is 478. The molecule has 0 aliphatic rings. The van der Waals surface area contributed by atoms with Crippen LogP contribution in [0.1, 0.15) is 53.5 Å². The van der Waals surface area contributed by atoms with E-state index in [0.29, 0.717) is 18.4 Å². The van der Waals surface area contributed by atoms with Gasteiger partial charge in [-0.3, -0.25) is 4.79 Å². The van der Waals surface area contributed by atoms with Gasteiger partial charge >= 0.3 is 0 Å². The summed E-state index contributed by atoms with van der Waals surface area (Å²) >= 11 is 0. The van der Waals surface area contributed by atoms with Gasteiger partial charge in [0.15, 0.2) is 5.60 Å². The Morgan fingerprint density at radius 1 is 1.18 bits per heavy atom. The Morgan fingerprint density at radius 3 is 2.45 bits per heavy atom. The molecule has 0 spiro atoms. The molecule has 0 aliphatic heterocycles. The minimum atomic E-state index is -0.868. The van der Waals surface area contributed by atoms with Crippen molar-refractivity contribution in [2.45, 2.75) is 60.0 Å². The maximum atomic E-state index is 12.3. The molecule has 0 atom stereocenters. The molecule has 0 saturated carbocycles. The molecule has 0 aliphatic carbocycles. The highest BCUT2D eigenvalue weighted by molar-refractivity contribution is 5.84. The summed E-state index contributed by atoms with van der Waals surface area (Å²) in [5.41, 5.74) is 0.372. The smallest absolute Gasteiger partial charge is 0.263 e. The van der Waals surface area contributed by atoms with Gasteiger partial charge in [-0.2, -0.15) is 0 Å². The van der Waals surface area contributed by atoms with Crippen LogP contribution < -0.4 is 10.1 Å². The molecular weight excluding hydrogens is 274 g/mol. The van der Waals surface area contributed by atoms with Gasteiger partial charge in [0.25, 0.3) is 5.91 Å². The molecule has 124 valence electrons. The molecule has 3 nitrogen and oxygen atoms in total. The van der Waals surface area contributed by atoms with E-state index < -0.39 is 5.60 Å². The predicted molar refractivity (Wildman–Crippen MR) is 92.2 cm³/mol. The summed E-state index contributed by atoms with van der Waals surface area (Å²) in [6.45, 7) is 13.0. The predicted octanol–water partition coefficient (Wildman–Crippen LogP) is 4.20. The lowest BCUT2D eigenvalue weighted by atomic mass is 10.0. The molecule has 0 unspecified atom stereocenters. The van der Waals surface area contributed by atoms with Gasteiger partial charge in [-0.25, -0.2) is 0 Å². The Kier molecular flexibility index (Phi) is 6.92. The highest BCUT2D eigenvalue weighted by Gasteiger charge is 2.29. The molecular formula is C19H31NO2. The zero-order valence-electron chi connectivity index (χ0n) is 14.9. The van der Waals surface area contributed by atoms with Crippen molar-refractivity contribution in [1.29, 1.82) is 0 Å². The van der Waals surface area contributed by atoms with Crippen molar-refractivity contribution < 1.29 is 9.53 Å². The molecule has 0 aromatic heterocycles. The van der Waals surface area contributed by atoms with Crippen molar-refractivity contribution in [1.82, 2.24) is 5.32 Å². The van der Waals surface area contributed by atoms with Crippen molar-refractivity contribution in [3.05, 3.63) is 29.8 Å². The third-order valence-corrected chi connectivity index (χ3v) is 3.47. The lowest BCUT2D eigenvalue weighted by molar-refractivity contribution is -0.134. The van der Waals surface area contributed by atoms with Crippen LogP contribution in [0.15, 0.2) is 24.3 Å². The third-order valence-electron chi connectivity index (χ3n) is 3.47. The number of carbonyl (C=O) groups excluding carboxylic acids is 1. The van der Waals surface area contributed by atoms with E-state index in [9.17, 15) is 4.79 Å². The molecule has 0 bridgehead atoms. The molecule has 1 aromatic carbocycles. The van der Waals surface area contributed by atoms with E-state index in [1.54, 1.807) is 0 Å². The van der Waals surface area contributed by atoms with Crippen LogP contribution in [0.5, 0.6) is 5.75 Å². The summed E-state index contributed by atoms with van der Waals surface area (Å²) in [4.78, 5) is 12.3. The first-order chi connectivity index (χ1) is 10.2. The molecule has 3 heteroatoms. The van der Waals surface area contributed by atoms with Crippen LogP contribution in [0.25, 0.3) is 0 Å². The number of hydrogen-bond donors (Lipinski definition) is 1. The maximum Gasteiger partial charge on any atom is 0.263 e. The second kappa shape index (κ2) is 8.21. The first kappa shape index (κ1) is 18.5. The second-order valence-electron chi connectivity index (χ2n) is 7.30. The van der Waals surface area contributed by atoms with Gasteiger partial charge in [0.2, 0.25) is 0 Å². The Morgan fingerprint density at radius 2 is 1.86 bits per heavy atom. The summed E-state index contributed by atoms with van der Waals surface area (Å²) in [5, 5.41) is 2.96. The Labute approximate surface area is 135 Å². The van der Waals surface area contributed by atoms with Gasteiger partial charge in [0, 0.05) is 6.54 Å². The van der Waals surface area contributed by atoms with Crippen molar-refractivity contribution in [3.63, 3.8) is 0 Å². The Balaban J connectivity index is 2.64. The topological polar surface area (TPSA) is 38.3 Å². The number of rotatable bonds is 8. The number of amides is 1. The van der Waals surface area contributed by atoms with Gasteiger partial charge in [-0.05, 0) is 56.2 Å².